The van der Waals surface area contributed by atoms with Gasteiger partial charge in [0.05, 0.1) is 0 Å². The molecule has 0 heterocycles. The zero-order valence-corrected chi connectivity index (χ0v) is 23.6. The Morgan fingerprint density at radius 1 is 0.357 bits per heavy atom. The van der Waals surface area contributed by atoms with Crippen LogP contribution in [-0.2, 0) is 0 Å². The van der Waals surface area contributed by atoms with E-state index in [9.17, 15) is 0 Å². The summed E-state index contributed by atoms with van der Waals surface area (Å²) in [6.45, 7) is 20.2. The molecular formula is C24H54Br2N2. The molecule has 0 rings (SSSR count). The number of hydrogen-bond donors (Lipinski definition) is 0. The standard InChI is InChI=1S/C12H24Br2.2C6H15N/c13-11-9-7-5-3-1-2-4-6-8-10-12-14;2*1-4-7(5-2)6-3/h1-12H2;2*4-6H2,1-3H3. The normalized spacial score (nSPS) is 10.5. The molecule has 0 amide bonds. The first kappa shape index (κ1) is 33.5. The van der Waals surface area contributed by atoms with Crippen molar-refractivity contribution in [2.24, 2.45) is 0 Å². The van der Waals surface area contributed by atoms with Gasteiger partial charge in [-0.15, -0.1) is 0 Å². The van der Waals surface area contributed by atoms with Crippen LogP contribution in [0.1, 0.15) is 106 Å². The molecule has 0 aliphatic carbocycles. The SMILES string of the molecule is BrCCCCCCCCCCCCBr.CCN(CC)CC.CCN(CC)CC. The summed E-state index contributed by atoms with van der Waals surface area (Å²) in [5.41, 5.74) is 0. The lowest BCUT2D eigenvalue weighted by Crippen LogP contribution is -2.21. The van der Waals surface area contributed by atoms with Gasteiger partial charge in [-0.2, -0.15) is 0 Å². The molecule has 0 fully saturated rings. The average molecular weight is 531 g/mol. The van der Waals surface area contributed by atoms with E-state index in [1.807, 2.05) is 0 Å². The molecule has 0 aromatic heterocycles. The van der Waals surface area contributed by atoms with E-state index in [1.165, 1.54) is 114 Å². The maximum atomic E-state index is 3.46. The topological polar surface area (TPSA) is 6.48 Å². The second kappa shape index (κ2) is 32.5. The molecule has 2 nitrogen and oxygen atoms in total. The van der Waals surface area contributed by atoms with Crippen LogP contribution in [-0.4, -0.2) is 59.7 Å². The van der Waals surface area contributed by atoms with Crippen molar-refractivity contribution in [2.75, 3.05) is 49.9 Å². The molecule has 0 saturated heterocycles. The van der Waals surface area contributed by atoms with Crippen LogP contribution < -0.4 is 0 Å². The highest BCUT2D eigenvalue weighted by atomic mass is 79.9. The molecule has 0 aliphatic heterocycles. The van der Waals surface area contributed by atoms with E-state index in [1.54, 1.807) is 0 Å². The third kappa shape index (κ3) is 31.6. The third-order valence-corrected chi connectivity index (χ3v) is 6.32. The van der Waals surface area contributed by atoms with Crippen molar-refractivity contribution >= 4 is 31.9 Å². The molecule has 4 heteroatoms. The predicted molar refractivity (Wildman–Crippen MR) is 141 cm³/mol. The number of rotatable bonds is 17. The smallest absolute Gasteiger partial charge is 0.00313 e. The van der Waals surface area contributed by atoms with Crippen molar-refractivity contribution in [1.29, 1.82) is 0 Å². The molecule has 174 valence electrons. The van der Waals surface area contributed by atoms with Crippen molar-refractivity contribution in [1.82, 2.24) is 9.80 Å². The van der Waals surface area contributed by atoms with E-state index >= 15 is 0 Å². The Bertz CT molecular complexity index is 198. The van der Waals surface area contributed by atoms with Gasteiger partial charge in [0.15, 0.2) is 0 Å². The molecule has 0 bridgehead atoms. The summed E-state index contributed by atoms with van der Waals surface area (Å²) in [5.74, 6) is 0. The van der Waals surface area contributed by atoms with Gasteiger partial charge in [0.2, 0.25) is 0 Å². The van der Waals surface area contributed by atoms with Crippen molar-refractivity contribution in [2.45, 2.75) is 106 Å². The molecular weight excluding hydrogens is 476 g/mol. The Morgan fingerprint density at radius 2 is 0.536 bits per heavy atom. The van der Waals surface area contributed by atoms with Gasteiger partial charge in [-0.1, -0.05) is 125 Å². The molecule has 0 aromatic rings. The fraction of sp³-hybridized carbons (Fsp3) is 1.00. The summed E-state index contributed by atoms with van der Waals surface area (Å²) in [7, 11) is 0. The minimum Gasteiger partial charge on any atom is -0.304 e. The summed E-state index contributed by atoms with van der Waals surface area (Å²) in [6, 6.07) is 0. The molecule has 0 unspecified atom stereocenters. The van der Waals surface area contributed by atoms with Crippen molar-refractivity contribution in [3.8, 4) is 0 Å². The van der Waals surface area contributed by atoms with E-state index < -0.39 is 0 Å². The van der Waals surface area contributed by atoms with Crippen LogP contribution in [0.3, 0.4) is 0 Å². The zero-order chi connectivity index (χ0) is 21.9. The molecule has 0 N–H and O–H groups in total. The minimum atomic E-state index is 1.18. The molecule has 0 aromatic carbocycles. The number of nitrogens with zero attached hydrogens (tertiary/aromatic N) is 2. The Labute approximate surface area is 196 Å². The fourth-order valence-electron chi connectivity index (χ4n) is 2.94. The van der Waals surface area contributed by atoms with Gasteiger partial charge in [0.25, 0.3) is 0 Å². The van der Waals surface area contributed by atoms with Crippen LogP contribution in [0.2, 0.25) is 0 Å². The molecule has 0 radical (unpaired) electrons. The Kier molecular flexibility index (Phi) is 39.0. The van der Waals surface area contributed by atoms with Crippen molar-refractivity contribution in [3.05, 3.63) is 0 Å². The van der Waals surface area contributed by atoms with Gasteiger partial charge in [0, 0.05) is 10.7 Å². The number of unbranched alkanes of at least 4 members (excludes halogenated alkanes) is 9. The zero-order valence-electron chi connectivity index (χ0n) is 20.4. The lowest BCUT2D eigenvalue weighted by atomic mass is 10.1. The van der Waals surface area contributed by atoms with Crippen LogP contribution in [0, 0.1) is 0 Å². The largest absolute Gasteiger partial charge is 0.304 e. The Balaban J connectivity index is -0.000000375. The second-order valence-corrected chi connectivity index (χ2v) is 8.74. The predicted octanol–water partition coefficient (Wildman–Crippen LogP) is 8.37. The van der Waals surface area contributed by atoms with Crippen LogP contribution in [0.25, 0.3) is 0 Å². The van der Waals surface area contributed by atoms with Crippen molar-refractivity contribution < 1.29 is 0 Å². The van der Waals surface area contributed by atoms with Crippen molar-refractivity contribution in [3.63, 3.8) is 0 Å². The summed E-state index contributed by atoms with van der Waals surface area (Å²) in [5, 5.41) is 2.36. The summed E-state index contributed by atoms with van der Waals surface area (Å²) >= 11 is 6.93. The molecule has 0 spiro atoms. The fourth-order valence-corrected chi connectivity index (χ4v) is 3.74. The van der Waals surface area contributed by atoms with Gasteiger partial charge in [0.1, 0.15) is 0 Å². The van der Waals surface area contributed by atoms with E-state index in [-0.39, 0.29) is 0 Å². The number of hydrogen-bond acceptors (Lipinski definition) is 2. The molecule has 0 atom stereocenters. The minimum absolute atomic E-state index is 1.18. The van der Waals surface area contributed by atoms with E-state index in [0.717, 1.165) is 0 Å². The van der Waals surface area contributed by atoms with Crippen LogP contribution >= 0.6 is 31.9 Å². The molecule has 0 saturated carbocycles. The second-order valence-electron chi connectivity index (χ2n) is 7.15. The van der Waals surface area contributed by atoms with Gasteiger partial charge in [-0.3, -0.25) is 0 Å². The van der Waals surface area contributed by atoms with E-state index in [2.05, 4.69) is 83.2 Å². The third-order valence-electron chi connectivity index (χ3n) is 5.20. The highest BCUT2D eigenvalue weighted by molar-refractivity contribution is 9.09. The van der Waals surface area contributed by atoms with E-state index in [4.69, 9.17) is 0 Å². The summed E-state index contributed by atoms with van der Waals surface area (Å²) in [6.07, 6.45) is 14.2. The summed E-state index contributed by atoms with van der Waals surface area (Å²) in [4.78, 5) is 4.75. The van der Waals surface area contributed by atoms with Gasteiger partial charge < -0.3 is 9.80 Å². The lowest BCUT2D eigenvalue weighted by molar-refractivity contribution is 0.321. The highest BCUT2D eigenvalue weighted by Crippen LogP contribution is 2.11. The van der Waals surface area contributed by atoms with Crippen LogP contribution in [0.15, 0.2) is 0 Å². The maximum Gasteiger partial charge on any atom is 0.00313 e. The molecule has 0 aliphatic rings. The van der Waals surface area contributed by atoms with Crippen LogP contribution in [0.5, 0.6) is 0 Å². The first-order chi connectivity index (χ1) is 13.6. The molecule has 28 heavy (non-hydrogen) atoms. The first-order valence-electron chi connectivity index (χ1n) is 12.2. The Morgan fingerprint density at radius 3 is 0.643 bits per heavy atom. The van der Waals surface area contributed by atoms with E-state index in [0.29, 0.717) is 0 Å². The average Bonchev–Trinajstić information content (AvgIpc) is 2.73. The maximum absolute atomic E-state index is 3.46. The van der Waals surface area contributed by atoms with Gasteiger partial charge >= 0.3 is 0 Å². The quantitative estimate of drug-likeness (QED) is 0.138. The monoisotopic (exact) mass is 528 g/mol. The van der Waals surface area contributed by atoms with Crippen LogP contribution in [0.4, 0.5) is 0 Å². The van der Waals surface area contributed by atoms with Gasteiger partial charge in [-0.25, -0.2) is 0 Å². The number of alkyl halides is 2. The van der Waals surface area contributed by atoms with Gasteiger partial charge in [-0.05, 0) is 52.1 Å². The number of halogens is 2. The summed E-state index contributed by atoms with van der Waals surface area (Å²) < 4.78 is 0. The highest BCUT2D eigenvalue weighted by Gasteiger charge is 1.92. The lowest BCUT2D eigenvalue weighted by Gasteiger charge is -2.13. The Hall–Kier alpha value is 0.880. The first-order valence-corrected chi connectivity index (χ1v) is 14.4.